The summed E-state index contributed by atoms with van der Waals surface area (Å²) in [5.41, 5.74) is 2.20. The van der Waals surface area contributed by atoms with Crippen molar-refractivity contribution in [1.29, 1.82) is 0 Å². The molecule has 1 fully saturated rings. The zero-order valence-electron chi connectivity index (χ0n) is 15.6. The van der Waals surface area contributed by atoms with Crippen LogP contribution in [0.1, 0.15) is 18.4 Å². The second-order valence-corrected chi connectivity index (χ2v) is 9.25. The van der Waals surface area contributed by atoms with Gasteiger partial charge in [-0.1, -0.05) is 29.8 Å². The summed E-state index contributed by atoms with van der Waals surface area (Å²) >= 11 is 6.06. The number of sulfonamides is 1. The van der Waals surface area contributed by atoms with Gasteiger partial charge in [0.2, 0.25) is 10.0 Å². The lowest BCUT2D eigenvalue weighted by atomic mass is 9.97. The van der Waals surface area contributed by atoms with Crippen molar-refractivity contribution in [2.75, 3.05) is 24.5 Å². The van der Waals surface area contributed by atoms with Gasteiger partial charge in [0, 0.05) is 24.7 Å². The van der Waals surface area contributed by atoms with Gasteiger partial charge in [-0.25, -0.2) is 13.1 Å². The standard InChI is InChI=1S/C20H22ClN3O3S/c1-14-16(21)5-4-8-19(14)28(25,26)22-13-15-9-11-24(12-10-15)20-23-17-6-2-3-7-18(17)27-20/h2-8,15,22H,9-13H2,1H3. The topological polar surface area (TPSA) is 75.4 Å². The van der Waals surface area contributed by atoms with E-state index in [1.807, 2.05) is 24.3 Å². The zero-order chi connectivity index (χ0) is 19.7. The molecule has 1 saturated heterocycles. The van der Waals surface area contributed by atoms with Crippen LogP contribution in [0.25, 0.3) is 11.1 Å². The highest BCUT2D eigenvalue weighted by molar-refractivity contribution is 7.89. The van der Waals surface area contributed by atoms with E-state index in [1.165, 1.54) is 0 Å². The molecule has 0 saturated carbocycles. The summed E-state index contributed by atoms with van der Waals surface area (Å²) in [6.45, 7) is 3.70. The third kappa shape index (κ3) is 3.87. The average Bonchev–Trinajstić information content (AvgIpc) is 3.13. The minimum absolute atomic E-state index is 0.240. The number of anilines is 1. The number of benzene rings is 2. The maximum atomic E-state index is 12.6. The second-order valence-electron chi connectivity index (χ2n) is 7.11. The third-order valence-corrected chi connectivity index (χ3v) is 7.21. The fourth-order valence-electron chi connectivity index (χ4n) is 3.51. The number of nitrogens with zero attached hydrogens (tertiary/aromatic N) is 2. The Morgan fingerprint density at radius 1 is 1.18 bits per heavy atom. The van der Waals surface area contributed by atoms with E-state index in [1.54, 1.807) is 25.1 Å². The first-order valence-electron chi connectivity index (χ1n) is 9.29. The van der Waals surface area contributed by atoms with Gasteiger partial charge in [0.15, 0.2) is 5.58 Å². The van der Waals surface area contributed by atoms with E-state index < -0.39 is 10.0 Å². The Labute approximate surface area is 169 Å². The highest BCUT2D eigenvalue weighted by Gasteiger charge is 2.25. The van der Waals surface area contributed by atoms with E-state index in [0.29, 0.717) is 23.1 Å². The Kier molecular flexibility index (Phi) is 5.31. The number of nitrogens with one attached hydrogen (secondary N) is 1. The monoisotopic (exact) mass is 419 g/mol. The smallest absolute Gasteiger partial charge is 0.298 e. The molecule has 28 heavy (non-hydrogen) atoms. The highest BCUT2D eigenvalue weighted by Crippen LogP contribution is 2.27. The first kappa shape index (κ1) is 19.2. The van der Waals surface area contributed by atoms with E-state index in [9.17, 15) is 8.42 Å². The largest absolute Gasteiger partial charge is 0.423 e. The lowest BCUT2D eigenvalue weighted by Crippen LogP contribution is -2.38. The van der Waals surface area contributed by atoms with Crippen molar-refractivity contribution in [2.45, 2.75) is 24.7 Å². The predicted octanol–water partition coefficient (Wildman–Crippen LogP) is 3.98. The fraction of sp³-hybridized carbons (Fsp3) is 0.350. The van der Waals surface area contributed by atoms with Crippen LogP contribution in [-0.2, 0) is 10.0 Å². The maximum Gasteiger partial charge on any atom is 0.298 e. The summed E-state index contributed by atoms with van der Waals surface area (Å²) < 4.78 is 33.8. The van der Waals surface area contributed by atoms with E-state index in [0.717, 1.165) is 37.0 Å². The molecule has 6 nitrogen and oxygen atoms in total. The molecule has 2 heterocycles. The molecular weight excluding hydrogens is 398 g/mol. The van der Waals surface area contributed by atoms with Gasteiger partial charge in [-0.2, -0.15) is 4.98 Å². The molecule has 148 valence electrons. The van der Waals surface area contributed by atoms with Crippen LogP contribution < -0.4 is 9.62 Å². The third-order valence-electron chi connectivity index (χ3n) is 5.24. The number of para-hydroxylation sites is 2. The maximum absolute atomic E-state index is 12.6. The number of aromatic nitrogens is 1. The van der Waals surface area contributed by atoms with Crippen LogP contribution in [0.15, 0.2) is 51.8 Å². The summed E-state index contributed by atoms with van der Waals surface area (Å²) in [5, 5.41) is 0.453. The van der Waals surface area contributed by atoms with Crippen LogP contribution in [0.3, 0.4) is 0 Å². The van der Waals surface area contributed by atoms with Crippen molar-refractivity contribution in [3.63, 3.8) is 0 Å². The van der Waals surface area contributed by atoms with Crippen LogP contribution in [0.2, 0.25) is 5.02 Å². The van der Waals surface area contributed by atoms with Crippen molar-refractivity contribution >= 4 is 38.7 Å². The van der Waals surface area contributed by atoms with Crippen LogP contribution in [0.4, 0.5) is 6.01 Å². The fourth-order valence-corrected chi connectivity index (χ4v) is 5.12. The van der Waals surface area contributed by atoms with Gasteiger partial charge >= 0.3 is 0 Å². The number of fused-ring (bicyclic) bond motifs is 1. The number of hydrogen-bond acceptors (Lipinski definition) is 5. The van der Waals surface area contributed by atoms with Crippen molar-refractivity contribution in [3.05, 3.63) is 53.1 Å². The predicted molar refractivity (Wildman–Crippen MR) is 110 cm³/mol. The average molecular weight is 420 g/mol. The van der Waals surface area contributed by atoms with Crippen molar-refractivity contribution in [3.8, 4) is 0 Å². The zero-order valence-corrected chi connectivity index (χ0v) is 17.1. The molecule has 0 amide bonds. The van der Waals surface area contributed by atoms with E-state index in [-0.39, 0.29) is 10.8 Å². The summed E-state index contributed by atoms with van der Waals surface area (Å²) in [6.07, 6.45) is 1.74. The number of halogens is 1. The van der Waals surface area contributed by atoms with Crippen molar-refractivity contribution in [2.24, 2.45) is 5.92 Å². The van der Waals surface area contributed by atoms with Crippen LogP contribution >= 0.6 is 11.6 Å². The Balaban J connectivity index is 1.36. The van der Waals surface area contributed by atoms with Gasteiger partial charge in [-0.05, 0) is 55.5 Å². The van der Waals surface area contributed by atoms with E-state index >= 15 is 0 Å². The molecule has 2 aromatic carbocycles. The summed E-state index contributed by atoms with van der Waals surface area (Å²) in [4.78, 5) is 6.90. The molecule has 0 atom stereocenters. The van der Waals surface area contributed by atoms with Gasteiger partial charge < -0.3 is 9.32 Å². The molecule has 1 N–H and O–H groups in total. The molecule has 0 unspecified atom stereocenters. The normalized spacial score (nSPS) is 16.0. The van der Waals surface area contributed by atoms with Crippen LogP contribution in [0.5, 0.6) is 0 Å². The lowest BCUT2D eigenvalue weighted by Gasteiger charge is -2.30. The van der Waals surface area contributed by atoms with Crippen molar-refractivity contribution < 1.29 is 12.8 Å². The molecule has 8 heteroatoms. The SMILES string of the molecule is Cc1c(Cl)cccc1S(=O)(=O)NCC1CCN(c2nc3ccccc3o2)CC1. The molecule has 3 aromatic rings. The second kappa shape index (κ2) is 7.73. The molecule has 4 rings (SSSR count). The summed E-state index contributed by atoms with van der Waals surface area (Å²) in [5.74, 6) is 0.273. The first-order chi connectivity index (χ1) is 13.4. The first-order valence-corrected chi connectivity index (χ1v) is 11.2. The Morgan fingerprint density at radius 2 is 1.93 bits per heavy atom. The molecule has 1 aliphatic rings. The molecular formula is C20H22ClN3O3S. The molecule has 0 radical (unpaired) electrons. The number of rotatable bonds is 5. The minimum Gasteiger partial charge on any atom is -0.423 e. The van der Waals surface area contributed by atoms with Crippen LogP contribution in [0, 0.1) is 12.8 Å². The van der Waals surface area contributed by atoms with Gasteiger partial charge in [-0.3, -0.25) is 0 Å². The molecule has 0 bridgehead atoms. The number of oxazole rings is 1. The van der Waals surface area contributed by atoms with Crippen LogP contribution in [-0.4, -0.2) is 33.0 Å². The highest BCUT2D eigenvalue weighted by atomic mass is 35.5. The number of piperidine rings is 1. The summed E-state index contributed by atoms with van der Waals surface area (Å²) in [6, 6.07) is 13.3. The summed E-state index contributed by atoms with van der Waals surface area (Å²) in [7, 11) is -3.57. The minimum atomic E-state index is -3.57. The van der Waals surface area contributed by atoms with E-state index in [2.05, 4.69) is 14.6 Å². The Bertz CT molecular complexity index is 1060. The molecule has 0 spiro atoms. The molecule has 1 aromatic heterocycles. The number of hydrogen-bond donors (Lipinski definition) is 1. The lowest BCUT2D eigenvalue weighted by molar-refractivity contribution is 0.387. The Hall–Kier alpha value is -2.09. The quantitative estimate of drug-likeness (QED) is 0.676. The van der Waals surface area contributed by atoms with Gasteiger partial charge in [-0.15, -0.1) is 0 Å². The van der Waals surface area contributed by atoms with Gasteiger partial charge in [0.25, 0.3) is 6.01 Å². The van der Waals surface area contributed by atoms with Gasteiger partial charge in [0.05, 0.1) is 4.90 Å². The Morgan fingerprint density at radius 3 is 2.68 bits per heavy atom. The molecule has 0 aliphatic carbocycles. The van der Waals surface area contributed by atoms with E-state index in [4.69, 9.17) is 16.0 Å². The molecule has 1 aliphatic heterocycles. The van der Waals surface area contributed by atoms with Gasteiger partial charge in [0.1, 0.15) is 5.52 Å². The van der Waals surface area contributed by atoms with Crippen molar-refractivity contribution in [1.82, 2.24) is 9.71 Å².